The molecule has 1 aliphatic rings. The molecular formula is C13H17N5O2. The van der Waals surface area contributed by atoms with Gasteiger partial charge in [0.15, 0.2) is 0 Å². The first kappa shape index (κ1) is 13.0. The summed E-state index contributed by atoms with van der Waals surface area (Å²) in [6.45, 7) is 3.98. The molecule has 0 bridgehead atoms. The number of morpholine rings is 1. The molecule has 3 rings (SSSR count). The molecule has 0 N–H and O–H groups in total. The maximum absolute atomic E-state index is 5.31. The topological polar surface area (TPSA) is 65.3 Å². The van der Waals surface area contributed by atoms with Crippen molar-refractivity contribution in [3.8, 4) is 17.1 Å². The third-order valence-electron chi connectivity index (χ3n) is 3.23. The SMILES string of the molecule is COc1ccc(-c2nnn(CN3CCOCC3)n2)cc1. The Labute approximate surface area is 117 Å². The van der Waals surface area contributed by atoms with E-state index in [0.29, 0.717) is 12.5 Å². The molecule has 0 amide bonds. The molecule has 0 atom stereocenters. The number of hydrogen-bond acceptors (Lipinski definition) is 6. The van der Waals surface area contributed by atoms with Gasteiger partial charge in [0.05, 0.1) is 20.3 Å². The van der Waals surface area contributed by atoms with E-state index in [-0.39, 0.29) is 0 Å². The number of ether oxygens (including phenoxy) is 2. The molecule has 7 heteroatoms. The summed E-state index contributed by atoms with van der Waals surface area (Å²) in [5.74, 6) is 1.44. The van der Waals surface area contributed by atoms with Gasteiger partial charge in [-0.15, -0.1) is 15.0 Å². The van der Waals surface area contributed by atoms with E-state index in [1.165, 1.54) is 0 Å². The van der Waals surface area contributed by atoms with E-state index in [2.05, 4.69) is 20.3 Å². The smallest absolute Gasteiger partial charge is 0.204 e. The molecule has 0 aliphatic carbocycles. The first-order valence-corrected chi connectivity index (χ1v) is 6.57. The van der Waals surface area contributed by atoms with Crippen LogP contribution in [-0.4, -0.2) is 58.5 Å². The van der Waals surface area contributed by atoms with Crippen LogP contribution in [0.1, 0.15) is 0 Å². The summed E-state index contributed by atoms with van der Waals surface area (Å²) in [6, 6.07) is 7.62. The predicted octanol–water partition coefficient (Wildman–Crippen LogP) is 0.638. The Bertz CT molecular complexity index is 548. The Morgan fingerprint density at radius 1 is 1.20 bits per heavy atom. The number of benzene rings is 1. The van der Waals surface area contributed by atoms with Crippen molar-refractivity contribution < 1.29 is 9.47 Å². The van der Waals surface area contributed by atoms with Gasteiger partial charge < -0.3 is 9.47 Å². The number of aromatic nitrogens is 4. The van der Waals surface area contributed by atoms with Gasteiger partial charge in [0, 0.05) is 18.7 Å². The van der Waals surface area contributed by atoms with Gasteiger partial charge in [0.1, 0.15) is 12.4 Å². The first-order valence-electron chi connectivity index (χ1n) is 6.57. The minimum atomic E-state index is 0.626. The van der Waals surface area contributed by atoms with Crippen LogP contribution in [0.3, 0.4) is 0 Å². The minimum absolute atomic E-state index is 0.626. The van der Waals surface area contributed by atoms with Crippen molar-refractivity contribution in [2.24, 2.45) is 0 Å². The minimum Gasteiger partial charge on any atom is -0.497 e. The van der Waals surface area contributed by atoms with Crippen molar-refractivity contribution in [2.45, 2.75) is 6.67 Å². The number of nitrogens with zero attached hydrogens (tertiary/aromatic N) is 5. The standard InChI is InChI=1S/C13H17N5O2/c1-19-12-4-2-11(3-5-12)13-14-16-18(15-13)10-17-6-8-20-9-7-17/h2-5H,6-10H2,1H3. The lowest BCUT2D eigenvalue weighted by atomic mass is 10.2. The molecule has 2 aromatic rings. The average Bonchev–Trinajstić information content (AvgIpc) is 2.97. The van der Waals surface area contributed by atoms with Gasteiger partial charge >= 0.3 is 0 Å². The molecule has 20 heavy (non-hydrogen) atoms. The lowest BCUT2D eigenvalue weighted by Crippen LogP contribution is -2.38. The van der Waals surface area contributed by atoms with Crippen LogP contribution in [0.2, 0.25) is 0 Å². The first-order chi connectivity index (χ1) is 9.85. The zero-order chi connectivity index (χ0) is 13.8. The van der Waals surface area contributed by atoms with Crippen molar-refractivity contribution in [1.82, 2.24) is 25.1 Å². The molecule has 1 aromatic heterocycles. The van der Waals surface area contributed by atoms with E-state index < -0.39 is 0 Å². The van der Waals surface area contributed by atoms with Gasteiger partial charge in [-0.25, -0.2) is 0 Å². The van der Waals surface area contributed by atoms with Gasteiger partial charge in [-0.2, -0.15) is 0 Å². The molecule has 0 radical (unpaired) electrons. The Kier molecular flexibility index (Phi) is 3.89. The summed E-state index contributed by atoms with van der Waals surface area (Å²) in [7, 11) is 1.64. The predicted molar refractivity (Wildman–Crippen MR) is 72.2 cm³/mol. The normalized spacial score (nSPS) is 16.2. The Morgan fingerprint density at radius 2 is 1.95 bits per heavy atom. The molecular weight excluding hydrogens is 258 g/mol. The van der Waals surface area contributed by atoms with Crippen molar-refractivity contribution in [3.05, 3.63) is 24.3 Å². The highest BCUT2D eigenvalue weighted by atomic mass is 16.5. The van der Waals surface area contributed by atoms with Crippen molar-refractivity contribution in [2.75, 3.05) is 33.4 Å². The molecule has 1 aromatic carbocycles. The van der Waals surface area contributed by atoms with Crippen molar-refractivity contribution in [1.29, 1.82) is 0 Å². The Morgan fingerprint density at radius 3 is 2.65 bits per heavy atom. The molecule has 0 saturated carbocycles. The lowest BCUT2D eigenvalue weighted by molar-refractivity contribution is 0.0184. The highest BCUT2D eigenvalue weighted by molar-refractivity contribution is 5.55. The second kappa shape index (κ2) is 5.98. The summed E-state index contributed by atoms with van der Waals surface area (Å²) in [6.07, 6.45) is 0. The molecule has 7 nitrogen and oxygen atoms in total. The van der Waals surface area contributed by atoms with Gasteiger partial charge in [0.2, 0.25) is 5.82 Å². The van der Waals surface area contributed by atoms with Crippen LogP contribution in [0.25, 0.3) is 11.4 Å². The van der Waals surface area contributed by atoms with Crippen LogP contribution in [0.4, 0.5) is 0 Å². The summed E-state index contributed by atoms with van der Waals surface area (Å²) in [5, 5.41) is 12.6. The number of methoxy groups -OCH3 is 1. The zero-order valence-corrected chi connectivity index (χ0v) is 11.4. The van der Waals surface area contributed by atoms with E-state index in [1.807, 2.05) is 24.3 Å². The molecule has 0 unspecified atom stereocenters. The van der Waals surface area contributed by atoms with Crippen LogP contribution < -0.4 is 4.74 Å². The summed E-state index contributed by atoms with van der Waals surface area (Å²) in [4.78, 5) is 3.86. The maximum Gasteiger partial charge on any atom is 0.204 e. The molecule has 0 spiro atoms. The molecule has 106 valence electrons. The quantitative estimate of drug-likeness (QED) is 0.816. The fourth-order valence-corrected chi connectivity index (χ4v) is 2.08. The molecule has 1 saturated heterocycles. The lowest BCUT2D eigenvalue weighted by Gasteiger charge is -2.25. The molecule has 1 fully saturated rings. The molecule has 1 aliphatic heterocycles. The number of rotatable bonds is 4. The van der Waals surface area contributed by atoms with E-state index >= 15 is 0 Å². The maximum atomic E-state index is 5.31. The highest BCUT2D eigenvalue weighted by Crippen LogP contribution is 2.18. The Balaban J connectivity index is 1.68. The average molecular weight is 275 g/mol. The van der Waals surface area contributed by atoms with Crippen LogP contribution in [0.5, 0.6) is 5.75 Å². The van der Waals surface area contributed by atoms with Gasteiger partial charge in [-0.05, 0) is 29.5 Å². The Hall–Kier alpha value is -1.99. The van der Waals surface area contributed by atoms with Crippen LogP contribution in [-0.2, 0) is 11.4 Å². The third-order valence-corrected chi connectivity index (χ3v) is 3.23. The van der Waals surface area contributed by atoms with Crippen LogP contribution in [0.15, 0.2) is 24.3 Å². The number of tetrazole rings is 1. The fraction of sp³-hybridized carbons (Fsp3) is 0.462. The summed E-state index contributed by atoms with van der Waals surface area (Å²) < 4.78 is 10.4. The van der Waals surface area contributed by atoms with E-state index in [9.17, 15) is 0 Å². The van der Waals surface area contributed by atoms with E-state index in [4.69, 9.17) is 9.47 Å². The summed E-state index contributed by atoms with van der Waals surface area (Å²) in [5.41, 5.74) is 0.930. The summed E-state index contributed by atoms with van der Waals surface area (Å²) >= 11 is 0. The largest absolute Gasteiger partial charge is 0.497 e. The van der Waals surface area contributed by atoms with Crippen molar-refractivity contribution in [3.63, 3.8) is 0 Å². The number of hydrogen-bond donors (Lipinski definition) is 0. The fourth-order valence-electron chi connectivity index (χ4n) is 2.08. The third kappa shape index (κ3) is 2.94. The van der Waals surface area contributed by atoms with E-state index in [0.717, 1.165) is 37.6 Å². The second-order valence-corrected chi connectivity index (χ2v) is 4.59. The monoisotopic (exact) mass is 275 g/mol. The zero-order valence-electron chi connectivity index (χ0n) is 11.4. The highest BCUT2D eigenvalue weighted by Gasteiger charge is 2.13. The van der Waals surface area contributed by atoms with Gasteiger partial charge in [0.25, 0.3) is 0 Å². The van der Waals surface area contributed by atoms with E-state index in [1.54, 1.807) is 11.9 Å². The van der Waals surface area contributed by atoms with Gasteiger partial charge in [-0.1, -0.05) is 0 Å². The van der Waals surface area contributed by atoms with Crippen LogP contribution >= 0.6 is 0 Å². The molecule has 2 heterocycles. The van der Waals surface area contributed by atoms with Crippen LogP contribution in [0, 0.1) is 0 Å². The van der Waals surface area contributed by atoms with Gasteiger partial charge in [-0.3, -0.25) is 4.90 Å². The second-order valence-electron chi connectivity index (χ2n) is 4.59. The van der Waals surface area contributed by atoms with Crippen molar-refractivity contribution >= 4 is 0 Å².